The molecule has 0 spiro atoms. The van der Waals surface area contributed by atoms with E-state index in [1.165, 1.54) is 25.0 Å². The van der Waals surface area contributed by atoms with E-state index >= 15 is 0 Å². The Balaban J connectivity index is 1.70. The van der Waals surface area contributed by atoms with Gasteiger partial charge in [-0.2, -0.15) is 0 Å². The van der Waals surface area contributed by atoms with Gasteiger partial charge in [0, 0.05) is 23.8 Å². The van der Waals surface area contributed by atoms with Crippen molar-refractivity contribution in [2.75, 3.05) is 6.54 Å². The number of thiazole rings is 1. The predicted molar refractivity (Wildman–Crippen MR) is 76.2 cm³/mol. The molecule has 0 aliphatic heterocycles. The smallest absolute Gasteiger partial charge is 0.193 e. The van der Waals surface area contributed by atoms with Crippen LogP contribution in [0.3, 0.4) is 0 Å². The highest BCUT2D eigenvalue weighted by Crippen LogP contribution is 2.40. The Morgan fingerprint density at radius 2 is 2.50 bits per heavy atom. The highest BCUT2D eigenvalue weighted by atomic mass is 32.1. The fourth-order valence-corrected chi connectivity index (χ4v) is 3.96. The van der Waals surface area contributed by atoms with E-state index in [0.717, 1.165) is 17.9 Å². The Hall–Kier alpha value is -0.870. The lowest BCUT2D eigenvalue weighted by Crippen LogP contribution is -2.28. The number of imidazole rings is 1. The van der Waals surface area contributed by atoms with Crippen LogP contribution < -0.4 is 5.32 Å². The molecule has 1 fully saturated rings. The van der Waals surface area contributed by atoms with Crippen LogP contribution in [0.1, 0.15) is 38.8 Å². The molecular weight excluding hydrogens is 242 g/mol. The Morgan fingerprint density at radius 1 is 1.61 bits per heavy atom. The second kappa shape index (κ2) is 4.67. The summed E-state index contributed by atoms with van der Waals surface area (Å²) < 4.78 is 2.14. The Labute approximate surface area is 112 Å². The SMILES string of the molecule is CCNC1CCC(C)(Cc2cn3ccsc3n2)C1. The van der Waals surface area contributed by atoms with Gasteiger partial charge in [-0.3, -0.25) is 4.40 Å². The molecule has 0 amide bonds. The summed E-state index contributed by atoms with van der Waals surface area (Å²) in [5.74, 6) is 0. The zero-order valence-corrected chi connectivity index (χ0v) is 12.0. The van der Waals surface area contributed by atoms with E-state index in [9.17, 15) is 0 Å². The zero-order valence-electron chi connectivity index (χ0n) is 11.1. The van der Waals surface area contributed by atoms with Gasteiger partial charge in [0.1, 0.15) is 0 Å². The highest BCUT2D eigenvalue weighted by molar-refractivity contribution is 7.15. The van der Waals surface area contributed by atoms with Gasteiger partial charge in [0.05, 0.1) is 5.69 Å². The summed E-state index contributed by atoms with van der Waals surface area (Å²) in [7, 11) is 0. The maximum atomic E-state index is 4.71. The number of hydrogen-bond acceptors (Lipinski definition) is 3. The Morgan fingerprint density at radius 3 is 3.28 bits per heavy atom. The van der Waals surface area contributed by atoms with Crippen LogP contribution in [-0.4, -0.2) is 22.0 Å². The van der Waals surface area contributed by atoms with Crippen LogP contribution in [0, 0.1) is 5.41 Å². The molecule has 3 rings (SSSR count). The summed E-state index contributed by atoms with van der Waals surface area (Å²) in [6.45, 7) is 5.69. The van der Waals surface area contributed by atoms with Crippen molar-refractivity contribution >= 4 is 16.3 Å². The van der Waals surface area contributed by atoms with Crippen molar-refractivity contribution in [2.45, 2.75) is 45.6 Å². The highest BCUT2D eigenvalue weighted by Gasteiger charge is 2.35. The van der Waals surface area contributed by atoms with Crippen LogP contribution in [-0.2, 0) is 6.42 Å². The van der Waals surface area contributed by atoms with Gasteiger partial charge >= 0.3 is 0 Å². The quantitative estimate of drug-likeness (QED) is 0.918. The largest absolute Gasteiger partial charge is 0.314 e. The minimum atomic E-state index is 0.427. The number of fused-ring (bicyclic) bond motifs is 1. The molecule has 0 saturated heterocycles. The van der Waals surface area contributed by atoms with Crippen molar-refractivity contribution in [3.8, 4) is 0 Å². The first kappa shape index (κ1) is 12.2. The molecule has 1 N–H and O–H groups in total. The van der Waals surface area contributed by atoms with Gasteiger partial charge in [-0.15, -0.1) is 11.3 Å². The van der Waals surface area contributed by atoms with Crippen molar-refractivity contribution in [1.29, 1.82) is 0 Å². The third-order valence-electron chi connectivity index (χ3n) is 4.08. The molecule has 2 unspecified atom stereocenters. The number of aromatic nitrogens is 2. The van der Waals surface area contributed by atoms with E-state index < -0.39 is 0 Å². The summed E-state index contributed by atoms with van der Waals surface area (Å²) in [6, 6.07) is 0.712. The predicted octanol–water partition coefficient (Wildman–Crippen LogP) is 3.11. The lowest BCUT2D eigenvalue weighted by molar-refractivity contribution is 0.320. The fraction of sp³-hybridized carbons (Fsp3) is 0.643. The van der Waals surface area contributed by atoms with Crippen LogP contribution in [0.4, 0.5) is 0 Å². The summed E-state index contributed by atoms with van der Waals surface area (Å²) in [5, 5.41) is 5.67. The van der Waals surface area contributed by atoms with Gasteiger partial charge in [0.15, 0.2) is 4.96 Å². The Bertz CT molecular complexity index is 501. The summed E-state index contributed by atoms with van der Waals surface area (Å²) >= 11 is 1.71. The maximum Gasteiger partial charge on any atom is 0.193 e. The van der Waals surface area contributed by atoms with E-state index in [4.69, 9.17) is 4.98 Å². The van der Waals surface area contributed by atoms with Crippen LogP contribution in [0.5, 0.6) is 0 Å². The van der Waals surface area contributed by atoms with Gasteiger partial charge < -0.3 is 5.32 Å². The molecule has 98 valence electrons. The van der Waals surface area contributed by atoms with E-state index in [1.807, 2.05) is 0 Å². The van der Waals surface area contributed by atoms with Crippen LogP contribution in [0.15, 0.2) is 17.8 Å². The third kappa shape index (κ3) is 2.31. The molecule has 0 aromatic carbocycles. The summed E-state index contributed by atoms with van der Waals surface area (Å²) in [4.78, 5) is 5.83. The van der Waals surface area contributed by atoms with Crippen LogP contribution >= 0.6 is 11.3 Å². The molecule has 1 aliphatic rings. The molecular formula is C14H21N3S. The number of rotatable bonds is 4. The van der Waals surface area contributed by atoms with Gasteiger partial charge in [-0.05, 0) is 37.6 Å². The van der Waals surface area contributed by atoms with Crippen molar-refractivity contribution in [3.63, 3.8) is 0 Å². The Kier molecular flexibility index (Phi) is 3.16. The minimum absolute atomic E-state index is 0.427. The average Bonchev–Trinajstić information content (AvgIpc) is 2.94. The first-order valence-electron chi connectivity index (χ1n) is 6.83. The van der Waals surface area contributed by atoms with Crippen molar-refractivity contribution < 1.29 is 0 Å². The molecule has 2 atom stereocenters. The minimum Gasteiger partial charge on any atom is -0.314 e. The lowest BCUT2D eigenvalue weighted by Gasteiger charge is -2.23. The van der Waals surface area contributed by atoms with Crippen molar-refractivity contribution in [2.24, 2.45) is 5.41 Å². The molecule has 0 radical (unpaired) electrons. The third-order valence-corrected chi connectivity index (χ3v) is 4.85. The number of nitrogens with one attached hydrogen (secondary N) is 1. The fourth-order valence-electron chi connectivity index (χ4n) is 3.24. The van der Waals surface area contributed by atoms with Gasteiger partial charge in [0.25, 0.3) is 0 Å². The summed E-state index contributed by atoms with van der Waals surface area (Å²) in [6.07, 6.45) is 9.31. The molecule has 1 saturated carbocycles. The molecule has 2 heterocycles. The molecule has 18 heavy (non-hydrogen) atoms. The number of hydrogen-bond donors (Lipinski definition) is 1. The van der Waals surface area contributed by atoms with E-state index in [1.54, 1.807) is 11.3 Å². The van der Waals surface area contributed by atoms with E-state index in [2.05, 4.69) is 41.3 Å². The second-order valence-electron chi connectivity index (χ2n) is 5.81. The molecule has 2 aromatic heterocycles. The maximum absolute atomic E-state index is 4.71. The lowest BCUT2D eigenvalue weighted by atomic mass is 9.84. The molecule has 4 heteroatoms. The first-order valence-corrected chi connectivity index (χ1v) is 7.71. The monoisotopic (exact) mass is 263 g/mol. The standard InChI is InChI=1S/C14H21N3S/c1-3-15-11-4-5-14(2,8-11)9-12-10-17-6-7-18-13(17)16-12/h6-7,10-11,15H,3-5,8-9H2,1-2H3. The van der Waals surface area contributed by atoms with Gasteiger partial charge in [-0.25, -0.2) is 4.98 Å². The second-order valence-corrected chi connectivity index (χ2v) is 6.68. The first-order chi connectivity index (χ1) is 8.68. The van der Waals surface area contributed by atoms with E-state index in [-0.39, 0.29) is 0 Å². The molecule has 2 aromatic rings. The normalized spacial score (nSPS) is 28.2. The topological polar surface area (TPSA) is 29.3 Å². The molecule has 1 aliphatic carbocycles. The molecule has 3 nitrogen and oxygen atoms in total. The van der Waals surface area contributed by atoms with Gasteiger partial charge in [0.2, 0.25) is 0 Å². The molecule has 0 bridgehead atoms. The zero-order chi connectivity index (χ0) is 12.6. The summed E-state index contributed by atoms with van der Waals surface area (Å²) in [5.41, 5.74) is 1.68. The number of nitrogens with zero attached hydrogens (tertiary/aromatic N) is 2. The van der Waals surface area contributed by atoms with E-state index in [0.29, 0.717) is 11.5 Å². The van der Waals surface area contributed by atoms with Gasteiger partial charge in [-0.1, -0.05) is 13.8 Å². The van der Waals surface area contributed by atoms with Crippen LogP contribution in [0.2, 0.25) is 0 Å². The van der Waals surface area contributed by atoms with Crippen LogP contribution in [0.25, 0.3) is 4.96 Å². The average molecular weight is 263 g/mol. The van der Waals surface area contributed by atoms with Crippen molar-refractivity contribution in [3.05, 3.63) is 23.5 Å². The van der Waals surface area contributed by atoms with Crippen molar-refractivity contribution in [1.82, 2.24) is 14.7 Å².